The number of nitriles is 1. The molecule has 0 fully saturated rings. The van der Waals surface area contributed by atoms with Crippen LogP contribution >= 0.6 is 23.2 Å². The molecular formula is C14H14Cl2N2. The maximum atomic E-state index is 9.36. The number of halogens is 2. The molecule has 0 heterocycles. The molecule has 0 aliphatic rings. The highest BCUT2D eigenvalue weighted by Crippen LogP contribution is 2.32. The number of nitrogens with zero attached hydrogens (tertiary/aromatic N) is 2. The molecule has 0 aliphatic carbocycles. The van der Waals surface area contributed by atoms with E-state index in [0.29, 0.717) is 28.7 Å². The van der Waals surface area contributed by atoms with Crippen molar-refractivity contribution in [3.05, 3.63) is 59.1 Å². The first kappa shape index (κ1) is 14.8. The van der Waals surface area contributed by atoms with Gasteiger partial charge in [-0.15, -0.1) is 13.2 Å². The fourth-order valence-corrected chi connectivity index (χ4v) is 2.11. The minimum Gasteiger partial charge on any atom is -0.277 e. The summed E-state index contributed by atoms with van der Waals surface area (Å²) in [6.45, 7) is 8.53. The Bertz CT molecular complexity index is 467. The fraction of sp³-hybridized carbons (Fsp3) is 0.214. The van der Waals surface area contributed by atoms with E-state index >= 15 is 0 Å². The summed E-state index contributed by atoms with van der Waals surface area (Å²) in [5, 5.41) is 10.2. The molecule has 0 amide bonds. The molecule has 1 aromatic rings. The van der Waals surface area contributed by atoms with Crippen LogP contribution in [0.4, 0.5) is 0 Å². The van der Waals surface area contributed by atoms with Gasteiger partial charge in [-0.2, -0.15) is 5.26 Å². The van der Waals surface area contributed by atoms with Gasteiger partial charge in [-0.1, -0.05) is 47.5 Å². The molecule has 1 aromatic carbocycles. The number of rotatable bonds is 6. The normalized spacial score (nSPS) is 11.9. The van der Waals surface area contributed by atoms with Crippen LogP contribution in [0.3, 0.4) is 0 Å². The van der Waals surface area contributed by atoms with E-state index in [0.717, 1.165) is 0 Å². The molecule has 18 heavy (non-hydrogen) atoms. The van der Waals surface area contributed by atoms with Crippen molar-refractivity contribution >= 4 is 23.2 Å². The van der Waals surface area contributed by atoms with Gasteiger partial charge in [0.1, 0.15) is 6.04 Å². The van der Waals surface area contributed by atoms with Gasteiger partial charge >= 0.3 is 0 Å². The number of hydrogen-bond donors (Lipinski definition) is 0. The molecule has 2 nitrogen and oxygen atoms in total. The molecule has 0 aromatic heterocycles. The van der Waals surface area contributed by atoms with E-state index in [-0.39, 0.29) is 0 Å². The largest absolute Gasteiger partial charge is 0.277 e. The van der Waals surface area contributed by atoms with Gasteiger partial charge in [-0.3, -0.25) is 4.90 Å². The SMILES string of the molecule is C=CCN(CC=C)C(C#N)c1cccc(Cl)c1Cl. The Labute approximate surface area is 118 Å². The average molecular weight is 281 g/mol. The maximum absolute atomic E-state index is 9.36. The Morgan fingerprint density at radius 2 is 1.89 bits per heavy atom. The van der Waals surface area contributed by atoms with Gasteiger partial charge in [-0.25, -0.2) is 0 Å². The van der Waals surface area contributed by atoms with Crippen LogP contribution in [0.2, 0.25) is 10.0 Å². The van der Waals surface area contributed by atoms with Gasteiger partial charge in [0.15, 0.2) is 0 Å². The lowest BCUT2D eigenvalue weighted by Crippen LogP contribution is -2.28. The van der Waals surface area contributed by atoms with Crippen molar-refractivity contribution < 1.29 is 0 Å². The van der Waals surface area contributed by atoms with Crippen LogP contribution in [0, 0.1) is 11.3 Å². The first-order chi connectivity index (χ1) is 8.65. The van der Waals surface area contributed by atoms with Crippen LogP contribution in [-0.2, 0) is 0 Å². The number of benzene rings is 1. The summed E-state index contributed by atoms with van der Waals surface area (Å²) in [6, 6.07) is 7.07. The lowest BCUT2D eigenvalue weighted by molar-refractivity contribution is 0.291. The van der Waals surface area contributed by atoms with Crippen molar-refractivity contribution in [1.29, 1.82) is 5.26 Å². The molecule has 0 bridgehead atoms. The van der Waals surface area contributed by atoms with Crippen molar-refractivity contribution in [1.82, 2.24) is 4.90 Å². The monoisotopic (exact) mass is 280 g/mol. The van der Waals surface area contributed by atoms with Gasteiger partial charge in [-0.05, 0) is 6.07 Å². The quantitative estimate of drug-likeness (QED) is 0.729. The first-order valence-electron chi connectivity index (χ1n) is 5.45. The van der Waals surface area contributed by atoms with Gasteiger partial charge in [0.05, 0.1) is 16.1 Å². The van der Waals surface area contributed by atoms with Crippen LogP contribution in [0.15, 0.2) is 43.5 Å². The fourth-order valence-electron chi connectivity index (χ4n) is 1.70. The summed E-state index contributed by atoms with van der Waals surface area (Å²) in [6.07, 6.45) is 3.48. The first-order valence-corrected chi connectivity index (χ1v) is 6.20. The molecule has 1 unspecified atom stereocenters. The van der Waals surface area contributed by atoms with E-state index in [1.165, 1.54) is 0 Å². The van der Waals surface area contributed by atoms with Crippen molar-refractivity contribution in [3.63, 3.8) is 0 Å². The second kappa shape index (κ2) is 7.23. The molecule has 4 heteroatoms. The zero-order valence-corrected chi connectivity index (χ0v) is 11.5. The topological polar surface area (TPSA) is 27.0 Å². The predicted octanol–water partition coefficient (Wildman–Crippen LogP) is 4.23. The van der Waals surface area contributed by atoms with Gasteiger partial charge in [0.25, 0.3) is 0 Å². The standard InChI is InChI=1S/C14H14Cl2N2/c1-3-8-18(9-4-2)13(10-17)11-6-5-7-12(15)14(11)16/h3-7,13H,1-2,8-9H2. The number of hydrogen-bond acceptors (Lipinski definition) is 2. The molecule has 0 N–H and O–H groups in total. The third-order valence-electron chi connectivity index (χ3n) is 2.49. The van der Waals surface area contributed by atoms with Crippen LogP contribution < -0.4 is 0 Å². The smallest absolute Gasteiger partial charge is 0.125 e. The maximum Gasteiger partial charge on any atom is 0.125 e. The van der Waals surface area contributed by atoms with Crippen LogP contribution in [0.1, 0.15) is 11.6 Å². The van der Waals surface area contributed by atoms with Gasteiger partial charge in [0.2, 0.25) is 0 Å². The van der Waals surface area contributed by atoms with Crippen LogP contribution in [0.25, 0.3) is 0 Å². The van der Waals surface area contributed by atoms with Crippen LogP contribution in [0.5, 0.6) is 0 Å². The molecule has 1 atom stereocenters. The summed E-state index contributed by atoms with van der Waals surface area (Å²) in [5.41, 5.74) is 0.704. The third-order valence-corrected chi connectivity index (χ3v) is 3.32. The van der Waals surface area contributed by atoms with E-state index in [9.17, 15) is 5.26 Å². The summed E-state index contributed by atoms with van der Waals surface area (Å²) >= 11 is 12.1. The highest BCUT2D eigenvalue weighted by atomic mass is 35.5. The average Bonchev–Trinajstić information content (AvgIpc) is 2.36. The van der Waals surface area contributed by atoms with E-state index in [2.05, 4.69) is 19.2 Å². The Morgan fingerprint density at radius 1 is 1.28 bits per heavy atom. The van der Waals surface area contributed by atoms with Crippen molar-refractivity contribution in [3.8, 4) is 6.07 Å². The Hall–Kier alpha value is -1.27. The Balaban J connectivity index is 3.15. The van der Waals surface area contributed by atoms with Gasteiger partial charge < -0.3 is 0 Å². The zero-order chi connectivity index (χ0) is 13.5. The molecule has 0 spiro atoms. The molecule has 0 saturated heterocycles. The van der Waals surface area contributed by atoms with E-state index < -0.39 is 6.04 Å². The third kappa shape index (κ3) is 3.36. The van der Waals surface area contributed by atoms with Crippen LogP contribution in [-0.4, -0.2) is 18.0 Å². The molecule has 94 valence electrons. The summed E-state index contributed by atoms with van der Waals surface area (Å²) in [5.74, 6) is 0. The molecule has 1 rings (SSSR count). The Kier molecular flexibility index (Phi) is 5.94. The lowest BCUT2D eigenvalue weighted by atomic mass is 10.1. The van der Waals surface area contributed by atoms with Gasteiger partial charge in [0, 0.05) is 18.7 Å². The molecule has 0 radical (unpaired) electrons. The zero-order valence-electron chi connectivity index (χ0n) is 9.94. The van der Waals surface area contributed by atoms with Crippen molar-refractivity contribution in [2.24, 2.45) is 0 Å². The highest BCUT2D eigenvalue weighted by Gasteiger charge is 2.21. The van der Waals surface area contributed by atoms with Crippen molar-refractivity contribution in [2.45, 2.75) is 6.04 Å². The summed E-state index contributed by atoms with van der Waals surface area (Å²) in [7, 11) is 0. The minimum atomic E-state index is -0.466. The van der Waals surface area contributed by atoms with E-state index in [4.69, 9.17) is 23.2 Å². The molecule has 0 saturated carbocycles. The molecule has 0 aliphatic heterocycles. The second-order valence-corrected chi connectivity index (χ2v) is 4.49. The highest BCUT2D eigenvalue weighted by molar-refractivity contribution is 6.42. The Morgan fingerprint density at radius 3 is 2.39 bits per heavy atom. The van der Waals surface area contributed by atoms with Crippen molar-refractivity contribution in [2.75, 3.05) is 13.1 Å². The summed E-state index contributed by atoms with van der Waals surface area (Å²) < 4.78 is 0. The predicted molar refractivity (Wildman–Crippen MR) is 76.8 cm³/mol. The molecular weight excluding hydrogens is 267 g/mol. The summed E-state index contributed by atoms with van der Waals surface area (Å²) in [4.78, 5) is 1.91. The lowest BCUT2D eigenvalue weighted by Gasteiger charge is -2.25. The van der Waals surface area contributed by atoms with E-state index in [1.54, 1.807) is 30.4 Å². The van der Waals surface area contributed by atoms with E-state index in [1.807, 2.05) is 4.90 Å². The minimum absolute atomic E-state index is 0.420. The second-order valence-electron chi connectivity index (χ2n) is 3.71.